The molecule has 1 aromatic rings. The number of nitrogens with two attached hydrogens (primary N) is 1. The molecule has 0 amide bonds. The minimum atomic E-state index is -0.852. The molecule has 11 heavy (non-hydrogen) atoms. The molecule has 0 radical (unpaired) electrons. The van der Waals surface area contributed by atoms with Gasteiger partial charge in [-0.3, -0.25) is 4.79 Å². The fourth-order valence-electron chi connectivity index (χ4n) is 0.828. The highest BCUT2D eigenvalue weighted by atomic mass is 32.1. The molecule has 1 rings (SSSR count). The van der Waals surface area contributed by atoms with E-state index >= 15 is 0 Å². The lowest BCUT2D eigenvalue weighted by Gasteiger charge is -2.04. The van der Waals surface area contributed by atoms with E-state index < -0.39 is 11.9 Å². The van der Waals surface area contributed by atoms with Crippen LogP contribution in [-0.2, 0) is 4.79 Å². The molecule has 0 aliphatic heterocycles. The maximum absolute atomic E-state index is 10.6. The zero-order valence-corrected chi connectivity index (χ0v) is 6.67. The number of hydrogen-bond donors (Lipinski definition) is 2. The second kappa shape index (κ2) is 3.50. The summed E-state index contributed by atoms with van der Waals surface area (Å²) in [5, 5.41) is 10.5. The van der Waals surface area contributed by atoms with Crippen molar-refractivity contribution in [1.82, 2.24) is 0 Å². The highest BCUT2D eigenvalue weighted by Crippen LogP contribution is 2.19. The Hall–Kier alpha value is -0.870. The molecule has 0 spiro atoms. The number of hydrogen-bond acceptors (Lipinski definition) is 3. The number of thiophene rings is 1. The number of carbonyl (C=O) groups is 1. The molecule has 60 valence electrons. The minimum Gasteiger partial charge on any atom is -0.481 e. The topological polar surface area (TPSA) is 63.3 Å². The van der Waals surface area contributed by atoms with Gasteiger partial charge in [0.1, 0.15) is 5.92 Å². The van der Waals surface area contributed by atoms with Gasteiger partial charge in [-0.15, -0.1) is 11.3 Å². The first-order chi connectivity index (χ1) is 5.25. The molecule has 1 unspecified atom stereocenters. The van der Waals surface area contributed by atoms with E-state index in [1.165, 1.54) is 11.3 Å². The average Bonchev–Trinajstić information content (AvgIpc) is 2.40. The van der Waals surface area contributed by atoms with Crippen LogP contribution < -0.4 is 5.73 Å². The first-order valence-electron chi connectivity index (χ1n) is 3.22. The molecule has 0 aliphatic rings. The molecular formula is C7H9NO2S. The zero-order valence-electron chi connectivity index (χ0n) is 5.86. The Kier molecular flexibility index (Phi) is 2.62. The number of aliphatic carboxylic acids is 1. The van der Waals surface area contributed by atoms with E-state index in [0.29, 0.717) is 0 Å². The molecule has 0 aliphatic carbocycles. The third kappa shape index (κ3) is 1.78. The summed E-state index contributed by atoms with van der Waals surface area (Å²) in [4.78, 5) is 11.4. The van der Waals surface area contributed by atoms with Crippen molar-refractivity contribution in [1.29, 1.82) is 0 Å². The summed E-state index contributed by atoms with van der Waals surface area (Å²) in [6.45, 7) is 0.163. The van der Waals surface area contributed by atoms with E-state index in [4.69, 9.17) is 10.8 Å². The third-order valence-corrected chi connectivity index (χ3v) is 2.41. The molecule has 3 nitrogen and oxygen atoms in total. The van der Waals surface area contributed by atoms with Crippen LogP contribution in [0.2, 0.25) is 0 Å². The smallest absolute Gasteiger partial charge is 0.313 e. The third-order valence-electron chi connectivity index (χ3n) is 1.42. The van der Waals surface area contributed by atoms with Crippen LogP contribution in [0.15, 0.2) is 17.5 Å². The van der Waals surface area contributed by atoms with Gasteiger partial charge < -0.3 is 10.8 Å². The Labute approximate surface area is 68.5 Å². The molecule has 0 aromatic carbocycles. The van der Waals surface area contributed by atoms with Crippen molar-refractivity contribution in [3.63, 3.8) is 0 Å². The first kappa shape index (κ1) is 8.23. The lowest BCUT2D eigenvalue weighted by atomic mass is 10.1. The Morgan fingerprint density at radius 2 is 2.55 bits per heavy atom. The van der Waals surface area contributed by atoms with Crippen LogP contribution in [0.1, 0.15) is 10.8 Å². The molecule has 4 heteroatoms. The Morgan fingerprint density at radius 1 is 1.82 bits per heavy atom. The average molecular weight is 171 g/mol. The standard InChI is InChI=1S/C7H9NO2S/c8-4-5(7(9)10)6-2-1-3-11-6/h1-3,5H,4,8H2,(H,9,10). The van der Waals surface area contributed by atoms with Gasteiger partial charge >= 0.3 is 5.97 Å². The van der Waals surface area contributed by atoms with Gasteiger partial charge in [0, 0.05) is 11.4 Å². The van der Waals surface area contributed by atoms with E-state index in [1.54, 1.807) is 6.07 Å². The number of carboxylic acids is 1. The predicted octanol–water partition coefficient (Wildman–Crippen LogP) is 0.875. The highest BCUT2D eigenvalue weighted by Gasteiger charge is 2.17. The van der Waals surface area contributed by atoms with Crippen molar-refractivity contribution in [3.05, 3.63) is 22.4 Å². The van der Waals surface area contributed by atoms with Crippen molar-refractivity contribution in [2.24, 2.45) is 5.73 Å². The zero-order chi connectivity index (χ0) is 8.27. The molecular weight excluding hydrogens is 162 g/mol. The maximum atomic E-state index is 10.6. The normalized spacial score (nSPS) is 12.8. The molecule has 3 N–H and O–H groups in total. The second-order valence-corrected chi connectivity index (χ2v) is 3.12. The van der Waals surface area contributed by atoms with Gasteiger partial charge in [0.2, 0.25) is 0 Å². The summed E-state index contributed by atoms with van der Waals surface area (Å²) in [5.74, 6) is -1.38. The molecule has 0 fully saturated rings. The monoisotopic (exact) mass is 171 g/mol. The van der Waals surface area contributed by atoms with Gasteiger partial charge in [0.25, 0.3) is 0 Å². The van der Waals surface area contributed by atoms with Crippen molar-refractivity contribution in [2.75, 3.05) is 6.54 Å². The van der Waals surface area contributed by atoms with Gasteiger partial charge in [-0.25, -0.2) is 0 Å². The van der Waals surface area contributed by atoms with E-state index in [-0.39, 0.29) is 6.54 Å². The second-order valence-electron chi connectivity index (χ2n) is 2.14. The first-order valence-corrected chi connectivity index (χ1v) is 4.10. The molecule has 1 heterocycles. The van der Waals surface area contributed by atoms with Crippen LogP contribution in [0.5, 0.6) is 0 Å². The van der Waals surface area contributed by atoms with E-state index in [9.17, 15) is 4.79 Å². The van der Waals surface area contributed by atoms with Crippen LogP contribution >= 0.6 is 11.3 Å². The van der Waals surface area contributed by atoms with Crippen molar-refractivity contribution in [3.8, 4) is 0 Å². The molecule has 0 bridgehead atoms. The van der Waals surface area contributed by atoms with Crippen LogP contribution in [0.25, 0.3) is 0 Å². The van der Waals surface area contributed by atoms with Crippen LogP contribution in [-0.4, -0.2) is 17.6 Å². The quantitative estimate of drug-likeness (QED) is 0.709. The molecule has 0 saturated heterocycles. The largest absolute Gasteiger partial charge is 0.481 e. The number of carboxylic acid groups (broad SMARTS) is 1. The Morgan fingerprint density at radius 3 is 2.91 bits per heavy atom. The van der Waals surface area contributed by atoms with E-state index in [1.807, 2.05) is 11.4 Å². The fourth-order valence-corrected chi connectivity index (χ4v) is 1.66. The minimum absolute atomic E-state index is 0.163. The van der Waals surface area contributed by atoms with Crippen molar-refractivity contribution < 1.29 is 9.90 Å². The van der Waals surface area contributed by atoms with Gasteiger partial charge in [-0.05, 0) is 11.4 Å². The van der Waals surface area contributed by atoms with Crippen molar-refractivity contribution in [2.45, 2.75) is 5.92 Å². The van der Waals surface area contributed by atoms with E-state index in [0.717, 1.165) is 4.88 Å². The number of rotatable bonds is 3. The fraction of sp³-hybridized carbons (Fsp3) is 0.286. The van der Waals surface area contributed by atoms with Crippen LogP contribution in [0, 0.1) is 0 Å². The predicted molar refractivity (Wildman–Crippen MR) is 43.8 cm³/mol. The lowest BCUT2D eigenvalue weighted by molar-refractivity contribution is -0.138. The lowest BCUT2D eigenvalue weighted by Crippen LogP contribution is -2.19. The van der Waals surface area contributed by atoms with Gasteiger partial charge in [-0.1, -0.05) is 6.07 Å². The maximum Gasteiger partial charge on any atom is 0.313 e. The Bertz CT molecular complexity index is 233. The Balaban J connectivity index is 2.79. The van der Waals surface area contributed by atoms with Gasteiger partial charge in [0.15, 0.2) is 0 Å². The summed E-state index contributed by atoms with van der Waals surface area (Å²) in [7, 11) is 0. The molecule has 1 atom stereocenters. The molecule has 0 saturated carbocycles. The summed E-state index contributed by atoms with van der Waals surface area (Å²) < 4.78 is 0. The van der Waals surface area contributed by atoms with Gasteiger partial charge in [0.05, 0.1) is 0 Å². The van der Waals surface area contributed by atoms with E-state index in [2.05, 4.69) is 0 Å². The summed E-state index contributed by atoms with van der Waals surface area (Å²) >= 11 is 1.42. The highest BCUT2D eigenvalue weighted by molar-refractivity contribution is 7.10. The van der Waals surface area contributed by atoms with Gasteiger partial charge in [-0.2, -0.15) is 0 Å². The SMILES string of the molecule is NCC(C(=O)O)c1cccs1. The summed E-state index contributed by atoms with van der Waals surface area (Å²) in [5.41, 5.74) is 5.29. The summed E-state index contributed by atoms with van der Waals surface area (Å²) in [6.07, 6.45) is 0. The van der Waals surface area contributed by atoms with Crippen LogP contribution in [0.3, 0.4) is 0 Å². The van der Waals surface area contributed by atoms with Crippen molar-refractivity contribution >= 4 is 17.3 Å². The summed E-state index contributed by atoms with van der Waals surface area (Å²) in [6, 6.07) is 3.61. The van der Waals surface area contributed by atoms with Crippen LogP contribution in [0.4, 0.5) is 0 Å². The molecule has 1 aromatic heterocycles.